The molecule has 0 atom stereocenters. The molecule has 88 valence electrons. The van der Waals surface area contributed by atoms with Gasteiger partial charge in [0.2, 0.25) is 5.95 Å². The van der Waals surface area contributed by atoms with Gasteiger partial charge in [-0.15, -0.1) is 0 Å². The number of rotatable bonds is 3. The third-order valence-corrected chi connectivity index (χ3v) is 4.07. The van der Waals surface area contributed by atoms with Gasteiger partial charge in [-0.3, -0.25) is 0 Å². The van der Waals surface area contributed by atoms with Crippen molar-refractivity contribution in [3.8, 4) is 0 Å². The molecule has 1 aromatic rings. The maximum Gasteiger partial charge on any atom is 0.224 e. The van der Waals surface area contributed by atoms with Crippen LogP contribution in [0.25, 0.3) is 0 Å². The predicted octanol–water partition coefficient (Wildman–Crippen LogP) is 2.40. The summed E-state index contributed by atoms with van der Waals surface area (Å²) in [6, 6.07) is 0. The van der Waals surface area contributed by atoms with Gasteiger partial charge in [0.15, 0.2) is 5.16 Å². The Kier molecular flexibility index (Phi) is 3.33. The zero-order valence-electron chi connectivity index (χ0n) is 9.86. The van der Waals surface area contributed by atoms with Gasteiger partial charge < -0.3 is 5.73 Å². The van der Waals surface area contributed by atoms with Crippen molar-refractivity contribution < 1.29 is 0 Å². The summed E-state index contributed by atoms with van der Waals surface area (Å²) in [5, 5.41) is 0.738. The van der Waals surface area contributed by atoms with Gasteiger partial charge in [0.1, 0.15) is 5.82 Å². The molecular weight excluding hydrogens is 220 g/mol. The van der Waals surface area contributed by atoms with E-state index in [1.54, 1.807) is 0 Å². The molecule has 0 aromatic carbocycles. The van der Waals surface area contributed by atoms with Crippen LogP contribution < -0.4 is 5.73 Å². The Labute approximate surface area is 100 Å². The van der Waals surface area contributed by atoms with Gasteiger partial charge in [-0.1, -0.05) is 31.5 Å². The van der Waals surface area contributed by atoms with Crippen molar-refractivity contribution >= 4 is 17.7 Å². The van der Waals surface area contributed by atoms with Crippen LogP contribution in [0.5, 0.6) is 0 Å². The molecule has 4 nitrogen and oxygen atoms in total. The molecule has 1 aliphatic carbocycles. The number of nitrogens with zero attached hydrogens (tertiary/aromatic N) is 3. The second-order valence-corrected chi connectivity index (χ2v) is 5.12. The molecule has 1 fully saturated rings. The summed E-state index contributed by atoms with van der Waals surface area (Å²) in [4.78, 5) is 13.0. The van der Waals surface area contributed by atoms with Crippen molar-refractivity contribution in [1.29, 1.82) is 0 Å². The van der Waals surface area contributed by atoms with E-state index in [4.69, 9.17) is 5.73 Å². The molecule has 1 aliphatic rings. The minimum atomic E-state index is 0.154. The fourth-order valence-corrected chi connectivity index (χ4v) is 2.85. The topological polar surface area (TPSA) is 64.7 Å². The lowest BCUT2D eigenvalue weighted by atomic mass is 9.82. The highest BCUT2D eigenvalue weighted by atomic mass is 32.2. The molecule has 0 amide bonds. The van der Waals surface area contributed by atoms with Crippen molar-refractivity contribution in [2.45, 2.75) is 49.6 Å². The first-order chi connectivity index (χ1) is 7.70. The lowest BCUT2D eigenvalue weighted by Crippen LogP contribution is -2.25. The fraction of sp³-hybridized carbons (Fsp3) is 0.727. The molecule has 2 N–H and O–H groups in total. The highest BCUT2D eigenvalue weighted by molar-refractivity contribution is 7.98. The van der Waals surface area contributed by atoms with Gasteiger partial charge in [0.25, 0.3) is 0 Å². The van der Waals surface area contributed by atoms with Crippen molar-refractivity contribution in [3.05, 3.63) is 5.82 Å². The summed E-state index contributed by atoms with van der Waals surface area (Å²) in [5.41, 5.74) is 5.89. The van der Waals surface area contributed by atoms with Crippen LogP contribution >= 0.6 is 11.8 Å². The number of thioether (sulfide) groups is 1. The zero-order chi connectivity index (χ0) is 11.6. The van der Waals surface area contributed by atoms with Crippen LogP contribution in [-0.2, 0) is 5.41 Å². The molecule has 1 aromatic heterocycles. The standard InChI is InChI=1S/C11H18N4S/c1-3-11(6-4-5-7-11)8-13-9(12)15-10(14-8)16-2/h3-7H2,1-2H3,(H2,12,13,14,15). The summed E-state index contributed by atoms with van der Waals surface area (Å²) < 4.78 is 0. The van der Waals surface area contributed by atoms with Gasteiger partial charge in [-0.2, -0.15) is 9.97 Å². The van der Waals surface area contributed by atoms with Crippen LogP contribution in [0.3, 0.4) is 0 Å². The van der Waals surface area contributed by atoms with Crippen LogP contribution in [0.15, 0.2) is 5.16 Å². The molecule has 1 saturated carbocycles. The van der Waals surface area contributed by atoms with Crippen molar-refractivity contribution in [3.63, 3.8) is 0 Å². The normalized spacial score (nSPS) is 18.9. The molecule has 5 heteroatoms. The Morgan fingerprint density at radius 1 is 1.25 bits per heavy atom. The smallest absolute Gasteiger partial charge is 0.224 e. The van der Waals surface area contributed by atoms with Crippen LogP contribution in [0.2, 0.25) is 0 Å². The minimum Gasteiger partial charge on any atom is -0.368 e. The predicted molar refractivity (Wildman–Crippen MR) is 66.5 cm³/mol. The molecule has 0 spiro atoms. The lowest BCUT2D eigenvalue weighted by molar-refractivity contribution is 0.393. The molecule has 0 unspecified atom stereocenters. The van der Waals surface area contributed by atoms with Crippen molar-refractivity contribution in [1.82, 2.24) is 15.0 Å². The Bertz CT molecular complexity index is 374. The van der Waals surface area contributed by atoms with Crippen LogP contribution in [0.1, 0.15) is 44.9 Å². The third kappa shape index (κ3) is 2.00. The zero-order valence-corrected chi connectivity index (χ0v) is 10.7. The van der Waals surface area contributed by atoms with Gasteiger partial charge >= 0.3 is 0 Å². The van der Waals surface area contributed by atoms with Crippen LogP contribution in [-0.4, -0.2) is 21.2 Å². The van der Waals surface area contributed by atoms with E-state index in [0.717, 1.165) is 17.4 Å². The number of hydrogen-bond donors (Lipinski definition) is 1. The summed E-state index contributed by atoms with van der Waals surface area (Å²) in [5.74, 6) is 1.26. The molecule has 0 aliphatic heterocycles. The number of nitrogens with two attached hydrogens (primary N) is 1. The van der Waals surface area contributed by atoms with E-state index in [0.29, 0.717) is 5.95 Å². The highest BCUT2D eigenvalue weighted by Gasteiger charge is 2.37. The highest BCUT2D eigenvalue weighted by Crippen LogP contribution is 2.42. The Morgan fingerprint density at radius 3 is 2.50 bits per heavy atom. The average molecular weight is 238 g/mol. The van der Waals surface area contributed by atoms with Crippen molar-refractivity contribution in [2.75, 3.05) is 12.0 Å². The first-order valence-electron chi connectivity index (χ1n) is 5.76. The van der Waals surface area contributed by atoms with Gasteiger partial charge in [0.05, 0.1) is 0 Å². The third-order valence-electron chi connectivity index (χ3n) is 3.53. The van der Waals surface area contributed by atoms with E-state index in [1.165, 1.54) is 37.4 Å². The molecule has 16 heavy (non-hydrogen) atoms. The summed E-state index contributed by atoms with van der Waals surface area (Å²) >= 11 is 1.52. The van der Waals surface area contributed by atoms with Gasteiger partial charge in [-0.05, 0) is 25.5 Å². The largest absolute Gasteiger partial charge is 0.368 e. The van der Waals surface area contributed by atoms with E-state index in [2.05, 4.69) is 21.9 Å². The van der Waals surface area contributed by atoms with Gasteiger partial charge in [-0.25, -0.2) is 4.98 Å². The van der Waals surface area contributed by atoms with E-state index in [1.807, 2.05) is 6.26 Å². The number of anilines is 1. The average Bonchev–Trinajstić information content (AvgIpc) is 2.78. The van der Waals surface area contributed by atoms with E-state index in [9.17, 15) is 0 Å². The Morgan fingerprint density at radius 2 is 1.94 bits per heavy atom. The van der Waals surface area contributed by atoms with E-state index < -0.39 is 0 Å². The summed E-state index contributed by atoms with van der Waals surface area (Å²) in [7, 11) is 0. The Balaban J connectivity index is 2.41. The molecule has 1 heterocycles. The molecule has 0 saturated heterocycles. The molecule has 0 radical (unpaired) electrons. The second-order valence-electron chi connectivity index (χ2n) is 4.34. The first-order valence-corrected chi connectivity index (χ1v) is 6.99. The van der Waals surface area contributed by atoms with E-state index >= 15 is 0 Å². The van der Waals surface area contributed by atoms with E-state index in [-0.39, 0.29) is 5.41 Å². The monoisotopic (exact) mass is 238 g/mol. The van der Waals surface area contributed by atoms with Crippen LogP contribution in [0.4, 0.5) is 5.95 Å². The molecule has 2 rings (SSSR count). The Hall–Kier alpha value is -0.840. The SMILES string of the molecule is CCC1(c2nc(N)nc(SC)n2)CCCC1. The number of nitrogen functional groups attached to an aromatic ring is 1. The quantitative estimate of drug-likeness (QED) is 0.819. The first kappa shape index (κ1) is 11.6. The maximum atomic E-state index is 5.74. The van der Waals surface area contributed by atoms with Crippen LogP contribution in [0, 0.1) is 0 Å². The van der Waals surface area contributed by atoms with Gasteiger partial charge in [0, 0.05) is 5.41 Å². The second kappa shape index (κ2) is 4.57. The number of hydrogen-bond acceptors (Lipinski definition) is 5. The maximum absolute atomic E-state index is 5.74. The fourth-order valence-electron chi connectivity index (χ4n) is 2.49. The number of aromatic nitrogens is 3. The van der Waals surface area contributed by atoms with Crippen molar-refractivity contribution in [2.24, 2.45) is 0 Å². The molecular formula is C11H18N4S. The summed E-state index contributed by atoms with van der Waals surface area (Å²) in [6.07, 6.45) is 7.96. The lowest BCUT2D eigenvalue weighted by Gasteiger charge is -2.25. The summed E-state index contributed by atoms with van der Waals surface area (Å²) in [6.45, 7) is 2.21. The minimum absolute atomic E-state index is 0.154. The molecule has 0 bridgehead atoms.